The van der Waals surface area contributed by atoms with E-state index < -0.39 is 18.6 Å². The van der Waals surface area contributed by atoms with Crippen molar-refractivity contribution >= 4 is 39.6 Å². The number of hydrogen-bond acceptors (Lipinski definition) is 5. The number of halogens is 3. The van der Waals surface area contributed by atoms with Gasteiger partial charge in [-0.2, -0.15) is 18.3 Å². The number of fused-ring (bicyclic) bond motifs is 2. The molecule has 1 saturated heterocycles. The van der Waals surface area contributed by atoms with Crippen LogP contribution in [0, 0.1) is 5.92 Å². The molecule has 1 atom stereocenters. The Bertz CT molecular complexity index is 1750. The Balaban J connectivity index is 1.30. The lowest BCUT2D eigenvalue weighted by molar-refractivity contribution is -0.144. The predicted molar refractivity (Wildman–Crippen MR) is 164 cm³/mol. The van der Waals surface area contributed by atoms with Crippen molar-refractivity contribution in [2.75, 3.05) is 26.7 Å². The molecule has 0 aliphatic carbocycles. The number of alkyl halides is 3. The number of nitrogens with zero attached hydrogens (tertiary/aromatic N) is 3. The van der Waals surface area contributed by atoms with Crippen LogP contribution in [0.1, 0.15) is 54.4 Å². The quantitative estimate of drug-likeness (QED) is 0.229. The summed E-state index contributed by atoms with van der Waals surface area (Å²) >= 11 is 0. The van der Waals surface area contributed by atoms with Crippen molar-refractivity contribution in [3.8, 4) is 0 Å². The molecule has 11 heteroatoms. The summed E-state index contributed by atoms with van der Waals surface area (Å²) in [6.45, 7) is 5.69. The van der Waals surface area contributed by atoms with Gasteiger partial charge in [-0.15, -0.1) is 0 Å². The number of H-pyrrole nitrogens is 2. The van der Waals surface area contributed by atoms with Crippen molar-refractivity contribution in [2.24, 2.45) is 5.92 Å². The first kappa shape index (κ1) is 31.2. The van der Waals surface area contributed by atoms with Crippen molar-refractivity contribution in [3.63, 3.8) is 0 Å². The van der Waals surface area contributed by atoms with Gasteiger partial charge in [0, 0.05) is 54.0 Å². The number of hydrogen-bond donors (Lipinski definition) is 2. The lowest BCUT2D eigenvalue weighted by Gasteiger charge is -2.32. The topological polar surface area (TPSA) is 102 Å². The molecule has 1 aliphatic heterocycles. The molecule has 232 valence electrons. The van der Waals surface area contributed by atoms with Gasteiger partial charge in [-0.05, 0) is 79.4 Å². The van der Waals surface area contributed by atoms with Crippen molar-refractivity contribution in [1.82, 2.24) is 25.0 Å². The second-order valence-corrected chi connectivity index (χ2v) is 11.9. The van der Waals surface area contributed by atoms with Crippen molar-refractivity contribution in [1.29, 1.82) is 0 Å². The fraction of sp³-hybridized carbons (Fsp3) is 0.394. The van der Waals surface area contributed by atoms with E-state index in [0.717, 1.165) is 28.3 Å². The standard InChI is InChI=1S/C33H36F3N5O3/c1-20(2)25-15-24(28(27-16-37-39-31(25)27)17-40(3)19-33(34,35)36)12-21(18-42)13-30(43)41-10-8-22(9-11-41)26-14-23-6-4-5-7-29(23)38-32(26)44/h4-7,14-16,18,21-22H,1,8-13,17,19H2,2-3H3,(H,37,39)(H,38,44)/t21-/m0/s1. The van der Waals surface area contributed by atoms with E-state index in [1.165, 1.54) is 11.9 Å². The molecule has 1 aliphatic rings. The number of amides is 1. The Morgan fingerprint density at radius 1 is 1.23 bits per heavy atom. The molecular weight excluding hydrogens is 571 g/mol. The van der Waals surface area contributed by atoms with E-state index in [-0.39, 0.29) is 36.8 Å². The molecule has 0 unspecified atom stereocenters. The van der Waals surface area contributed by atoms with E-state index >= 15 is 0 Å². The molecule has 0 spiro atoms. The number of allylic oxidation sites excluding steroid dienone is 1. The monoisotopic (exact) mass is 607 g/mol. The van der Waals surface area contributed by atoms with Crippen molar-refractivity contribution < 1.29 is 22.8 Å². The molecule has 2 N–H and O–H groups in total. The fourth-order valence-electron chi connectivity index (χ4n) is 6.28. The Kier molecular flexibility index (Phi) is 9.05. The summed E-state index contributed by atoms with van der Waals surface area (Å²) in [6.07, 6.45) is -0.601. The van der Waals surface area contributed by atoms with Gasteiger partial charge >= 0.3 is 6.18 Å². The summed E-state index contributed by atoms with van der Waals surface area (Å²) in [5, 5.41) is 8.67. The number of likely N-dealkylation sites (tertiary alicyclic amines) is 1. The van der Waals surface area contributed by atoms with Crippen LogP contribution in [0.15, 0.2) is 54.0 Å². The van der Waals surface area contributed by atoms with Crippen LogP contribution in [0.5, 0.6) is 0 Å². The van der Waals surface area contributed by atoms with Crippen LogP contribution in [0.2, 0.25) is 0 Å². The highest BCUT2D eigenvalue weighted by Gasteiger charge is 2.31. The van der Waals surface area contributed by atoms with E-state index in [4.69, 9.17) is 0 Å². The maximum atomic E-state index is 13.3. The fourth-order valence-corrected chi connectivity index (χ4v) is 6.28. The SMILES string of the molecule is C=C(C)c1cc(C[C@H](C=O)CC(=O)N2CCC(c3cc4ccccc4[nH]c3=O)CC2)c(CN(C)CC(F)(F)F)c2cn[nH]c12. The molecule has 2 aromatic heterocycles. The molecular formula is C33H36F3N5O3. The maximum Gasteiger partial charge on any atom is 0.401 e. The Labute approximate surface area is 252 Å². The summed E-state index contributed by atoms with van der Waals surface area (Å²) in [4.78, 5) is 44.2. The maximum absolute atomic E-state index is 13.3. The Morgan fingerprint density at radius 3 is 2.64 bits per heavy atom. The number of carbonyl (C=O) groups excluding carboxylic acids is 2. The summed E-state index contributed by atoms with van der Waals surface area (Å²) in [5.74, 6) is -0.807. The zero-order valence-corrected chi connectivity index (χ0v) is 24.8. The first-order chi connectivity index (χ1) is 20.9. The molecule has 5 rings (SSSR count). The van der Waals surface area contributed by atoms with Crippen LogP contribution in [-0.2, 0) is 22.6 Å². The van der Waals surface area contributed by atoms with Gasteiger partial charge in [-0.1, -0.05) is 24.8 Å². The minimum atomic E-state index is -4.37. The number of pyridine rings is 1. The molecule has 1 fully saturated rings. The predicted octanol–water partition coefficient (Wildman–Crippen LogP) is 5.59. The highest BCUT2D eigenvalue weighted by molar-refractivity contribution is 5.93. The van der Waals surface area contributed by atoms with E-state index in [0.29, 0.717) is 53.5 Å². The first-order valence-electron chi connectivity index (χ1n) is 14.7. The third kappa shape index (κ3) is 6.93. The third-order valence-corrected chi connectivity index (χ3v) is 8.46. The zero-order valence-electron chi connectivity index (χ0n) is 24.8. The van der Waals surface area contributed by atoms with Gasteiger partial charge in [0.25, 0.3) is 5.56 Å². The van der Waals surface area contributed by atoms with Crippen LogP contribution < -0.4 is 5.56 Å². The number of benzene rings is 2. The average molecular weight is 608 g/mol. The highest BCUT2D eigenvalue weighted by Crippen LogP contribution is 2.33. The number of aromatic nitrogens is 3. The second-order valence-electron chi connectivity index (χ2n) is 11.9. The van der Waals surface area contributed by atoms with Crippen LogP contribution in [0.3, 0.4) is 0 Å². The minimum Gasteiger partial charge on any atom is -0.343 e. The lowest BCUT2D eigenvalue weighted by atomic mass is 9.87. The first-order valence-corrected chi connectivity index (χ1v) is 14.7. The summed E-state index contributed by atoms with van der Waals surface area (Å²) in [5.41, 5.74) is 4.87. The lowest BCUT2D eigenvalue weighted by Crippen LogP contribution is -2.39. The molecule has 2 aromatic carbocycles. The van der Waals surface area contributed by atoms with Gasteiger partial charge in [0.1, 0.15) is 6.29 Å². The van der Waals surface area contributed by atoms with Gasteiger partial charge < -0.3 is 14.7 Å². The molecule has 8 nitrogen and oxygen atoms in total. The molecule has 0 radical (unpaired) electrons. The number of rotatable bonds is 10. The molecule has 44 heavy (non-hydrogen) atoms. The average Bonchev–Trinajstić information content (AvgIpc) is 3.46. The van der Waals surface area contributed by atoms with Crippen LogP contribution in [0.4, 0.5) is 13.2 Å². The Morgan fingerprint density at radius 2 is 1.95 bits per heavy atom. The molecule has 3 heterocycles. The van der Waals surface area contributed by atoms with E-state index in [9.17, 15) is 27.6 Å². The van der Waals surface area contributed by atoms with Crippen LogP contribution in [-0.4, -0.2) is 70.0 Å². The van der Waals surface area contributed by atoms with Crippen LogP contribution >= 0.6 is 0 Å². The normalized spacial score (nSPS) is 15.3. The molecule has 4 aromatic rings. The summed E-state index contributed by atoms with van der Waals surface area (Å²) in [7, 11) is 1.39. The second kappa shape index (κ2) is 12.8. The number of nitrogens with one attached hydrogen (secondary N) is 2. The Hall–Kier alpha value is -4.25. The molecule has 0 bridgehead atoms. The zero-order chi connectivity index (χ0) is 31.6. The number of carbonyl (C=O) groups is 2. The van der Waals surface area contributed by atoms with Gasteiger partial charge in [0.05, 0.1) is 18.3 Å². The number of piperidine rings is 1. The number of aldehydes is 1. The highest BCUT2D eigenvalue weighted by atomic mass is 19.4. The van der Waals surface area contributed by atoms with E-state index in [2.05, 4.69) is 21.8 Å². The van der Waals surface area contributed by atoms with Gasteiger partial charge in [0.15, 0.2) is 0 Å². The van der Waals surface area contributed by atoms with Crippen molar-refractivity contribution in [3.05, 3.63) is 81.8 Å². The van der Waals surface area contributed by atoms with Gasteiger partial charge in [0.2, 0.25) is 5.91 Å². The summed E-state index contributed by atoms with van der Waals surface area (Å²) in [6, 6.07) is 11.4. The smallest absolute Gasteiger partial charge is 0.343 e. The largest absolute Gasteiger partial charge is 0.401 e. The van der Waals surface area contributed by atoms with Crippen molar-refractivity contribution in [2.45, 2.75) is 51.2 Å². The van der Waals surface area contributed by atoms with Gasteiger partial charge in [-0.3, -0.25) is 19.6 Å². The molecule has 1 amide bonds. The van der Waals surface area contributed by atoms with Crippen LogP contribution in [0.25, 0.3) is 27.4 Å². The minimum absolute atomic E-state index is 0.0116. The number of para-hydroxylation sites is 1. The van der Waals surface area contributed by atoms with E-state index in [1.54, 1.807) is 11.1 Å². The third-order valence-electron chi connectivity index (χ3n) is 8.46. The molecule has 0 saturated carbocycles. The summed E-state index contributed by atoms with van der Waals surface area (Å²) < 4.78 is 39.4. The van der Waals surface area contributed by atoms with E-state index in [1.807, 2.05) is 43.3 Å². The van der Waals surface area contributed by atoms with Gasteiger partial charge in [-0.25, -0.2) is 0 Å². The number of aromatic amines is 2.